The Morgan fingerprint density at radius 2 is 2.21 bits per heavy atom. The predicted octanol–water partition coefficient (Wildman–Crippen LogP) is 2.27. The summed E-state index contributed by atoms with van der Waals surface area (Å²) < 4.78 is 27.4. The Balaban J connectivity index is 2.16. The van der Waals surface area contributed by atoms with Gasteiger partial charge in [0.15, 0.2) is 0 Å². The summed E-state index contributed by atoms with van der Waals surface area (Å²) in [4.78, 5) is 5.09. The number of rotatable bonds is 4. The zero-order valence-corrected chi connectivity index (χ0v) is 13.3. The van der Waals surface area contributed by atoms with Gasteiger partial charge in [-0.15, -0.1) is 11.3 Å². The minimum atomic E-state index is -3.56. The number of hydrogen-bond donors (Lipinski definition) is 2. The summed E-state index contributed by atoms with van der Waals surface area (Å²) in [6.45, 7) is 2.10. The van der Waals surface area contributed by atoms with E-state index in [-0.39, 0.29) is 11.4 Å². The van der Waals surface area contributed by atoms with Gasteiger partial charge in [0.2, 0.25) is 10.0 Å². The van der Waals surface area contributed by atoms with Crippen LogP contribution in [0.5, 0.6) is 0 Å². The van der Waals surface area contributed by atoms with E-state index in [1.54, 1.807) is 12.3 Å². The minimum Gasteiger partial charge on any atom is -0.398 e. The fourth-order valence-corrected chi connectivity index (χ4v) is 3.54. The number of benzene rings is 1. The minimum absolute atomic E-state index is 0.148. The van der Waals surface area contributed by atoms with Crippen LogP contribution in [0.3, 0.4) is 0 Å². The van der Waals surface area contributed by atoms with Crippen LogP contribution in [0.15, 0.2) is 33.8 Å². The monoisotopic (exact) mass is 361 g/mol. The maximum Gasteiger partial charge on any atom is 0.240 e. The molecule has 102 valence electrons. The number of nitrogens with zero attached hydrogens (tertiary/aromatic N) is 1. The van der Waals surface area contributed by atoms with Crippen LogP contribution in [-0.2, 0) is 16.6 Å². The lowest BCUT2D eigenvalue weighted by molar-refractivity contribution is 0.582. The van der Waals surface area contributed by atoms with Gasteiger partial charge in [0.25, 0.3) is 0 Å². The summed E-state index contributed by atoms with van der Waals surface area (Å²) in [6, 6.07) is 4.53. The highest BCUT2D eigenvalue weighted by Crippen LogP contribution is 2.23. The maximum absolute atomic E-state index is 12.1. The van der Waals surface area contributed by atoms with Crippen molar-refractivity contribution in [3.63, 3.8) is 0 Å². The fourth-order valence-electron chi connectivity index (χ4n) is 1.43. The van der Waals surface area contributed by atoms with Crippen LogP contribution in [0.25, 0.3) is 0 Å². The standard InChI is InChI=1S/C11H12BrN3O2S2/c1-7-14-5-8(18-7)6-15-19(16,17)9-2-3-10(12)11(13)4-9/h2-5,15H,6,13H2,1H3. The zero-order chi connectivity index (χ0) is 14.0. The molecule has 0 saturated heterocycles. The van der Waals surface area contributed by atoms with Crippen LogP contribution in [0, 0.1) is 6.92 Å². The molecule has 0 spiro atoms. The normalized spacial score (nSPS) is 11.7. The van der Waals surface area contributed by atoms with Crippen molar-refractivity contribution in [1.29, 1.82) is 0 Å². The third-order valence-electron chi connectivity index (χ3n) is 2.38. The highest BCUT2D eigenvalue weighted by atomic mass is 79.9. The molecular weight excluding hydrogens is 350 g/mol. The number of thiazole rings is 1. The number of aryl methyl sites for hydroxylation is 1. The molecule has 0 bridgehead atoms. The number of hydrogen-bond acceptors (Lipinski definition) is 5. The Morgan fingerprint density at radius 1 is 1.47 bits per heavy atom. The van der Waals surface area contributed by atoms with Crippen molar-refractivity contribution in [1.82, 2.24) is 9.71 Å². The molecule has 5 nitrogen and oxygen atoms in total. The van der Waals surface area contributed by atoms with Gasteiger partial charge >= 0.3 is 0 Å². The van der Waals surface area contributed by atoms with Crippen molar-refractivity contribution in [3.05, 3.63) is 38.8 Å². The molecule has 0 saturated carbocycles. The average molecular weight is 362 g/mol. The molecule has 2 aromatic rings. The van der Waals surface area contributed by atoms with Crippen LogP contribution >= 0.6 is 27.3 Å². The lowest BCUT2D eigenvalue weighted by Gasteiger charge is -2.07. The van der Waals surface area contributed by atoms with E-state index < -0.39 is 10.0 Å². The van der Waals surface area contributed by atoms with Gasteiger partial charge in [-0.25, -0.2) is 18.1 Å². The van der Waals surface area contributed by atoms with E-state index in [0.29, 0.717) is 10.2 Å². The molecule has 0 aliphatic rings. The van der Waals surface area contributed by atoms with Gasteiger partial charge in [-0.3, -0.25) is 0 Å². The van der Waals surface area contributed by atoms with Crippen LogP contribution < -0.4 is 10.5 Å². The molecule has 1 aromatic carbocycles. The van der Waals surface area contributed by atoms with Gasteiger partial charge in [0, 0.05) is 27.8 Å². The highest BCUT2D eigenvalue weighted by molar-refractivity contribution is 9.10. The predicted molar refractivity (Wildman–Crippen MR) is 79.4 cm³/mol. The van der Waals surface area contributed by atoms with Gasteiger partial charge in [-0.2, -0.15) is 0 Å². The van der Waals surface area contributed by atoms with Crippen LogP contribution in [0.1, 0.15) is 9.88 Å². The zero-order valence-electron chi connectivity index (χ0n) is 10.1. The molecule has 1 aromatic heterocycles. The summed E-state index contributed by atoms with van der Waals surface area (Å²) in [5, 5.41) is 0.905. The second-order valence-corrected chi connectivity index (χ2v) is 7.79. The maximum atomic E-state index is 12.1. The van der Waals surface area contributed by atoms with Crippen molar-refractivity contribution in [2.75, 3.05) is 5.73 Å². The Labute approximate surface area is 124 Å². The van der Waals surface area contributed by atoms with E-state index in [1.165, 1.54) is 23.5 Å². The first-order valence-electron chi connectivity index (χ1n) is 5.34. The van der Waals surface area contributed by atoms with E-state index in [4.69, 9.17) is 5.73 Å². The summed E-state index contributed by atoms with van der Waals surface area (Å²) >= 11 is 4.69. The van der Waals surface area contributed by atoms with Gasteiger partial charge in [0.05, 0.1) is 9.90 Å². The van der Waals surface area contributed by atoms with Crippen LogP contribution in [0.4, 0.5) is 5.69 Å². The molecule has 0 amide bonds. The molecule has 19 heavy (non-hydrogen) atoms. The Hall–Kier alpha value is -0.960. The summed E-state index contributed by atoms with van der Waals surface area (Å²) in [5.74, 6) is 0. The lowest BCUT2D eigenvalue weighted by Crippen LogP contribution is -2.22. The molecule has 0 radical (unpaired) electrons. The van der Waals surface area contributed by atoms with Crippen LogP contribution in [0.2, 0.25) is 0 Å². The first-order chi connectivity index (χ1) is 8.88. The number of nitrogen functional groups attached to an aromatic ring is 1. The second kappa shape index (κ2) is 5.58. The summed E-state index contributed by atoms with van der Waals surface area (Å²) in [7, 11) is -3.56. The van der Waals surface area contributed by atoms with E-state index in [9.17, 15) is 8.42 Å². The quantitative estimate of drug-likeness (QED) is 0.818. The number of nitrogens with one attached hydrogen (secondary N) is 1. The van der Waals surface area contributed by atoms with Crippen molar-refractivity contribution >= 4 is 43.0 Å². The molecule has 1 heterocycles. The van der Waals surface area contributed by atoms with Crippen molar-refractivity contribution in [2.24, 2.45) is 0 Å². The van der Waals surface area contributed by atoms with Gasteiger partial charge in [-0.05, 0) is 41.1 Å². The molecule has 3 N–H and O–H groups in total. The molecule has 0 aliphatic carbocycles. The highest BCUT2D eigenvalue weighted by Gasteiger charge is 2.15. The SMILES string of the molecule is Cc1ncc(CNS(=O)(=O)c2ccc(Br)c(N)c2)s1. The van der Waals surface area contributed by atoms with Crippen molar-refractivity contribution < 1.29 is 8.42 Å². The van der Waals surface area contributed by atoms with E-state index in [1.807, 2.05) is 6.92 Å². The Bertz CT molecular complexity index is 698. The average Bonchev–Trinajstić information content (AvgIpc) is 2.76. The summed E-state index contributed by atoms with van der Waals surface area (Å²) in [5.41, 5.74) is 6.07. The molecule has 0 atom stereocenters. The number of halogens is 1. The molecule has 8 heteroatoms. The largest absolute Gasteiger partial charge is 0.398 e. The Morgan fingerprint density at radius 3 is 2.79 bits per heavy atom. The van der Waals surface area contributed by atoms with E-state index in [0.717, 1.165) is 9.88 Å². The van der Waals surface area contributed by atoms with Crippen molar-refractivity contribution in [2.45, 2.75) is 18.4 Å². The van der Waals surface area contributed by atoms with E-state index >= 15 is 0 Å². The Kier molecular flexibility index (Phi) is 4.24. The number of sulfonamides is 1. The van der Waals surface area contributed by atoms with Gasteiger partial charge < -0.3 is 5.73 Å². The second-order valence-electron chi connectivity index (χ2n) is 3.85. The first-order valence-corrected chi connectivity index (χ1v) is 8.44. The van der Waals surface area contributed by atoms with Crippen LogP contribution in [-0.4, -0.2) is 13.4 Å². The van der Waals surface area contributed by atoms with Gasteiger partial charge in [0.1, 0.15) is 0 Å². The van der Waals surface area contributed by atoms with Crippen molar-refractivity contribution in [3.8, 4) is 0 Å². The molecule has 2 rings (SSSR count). The number of aromatic nitrogens is 1. The third kappa shape index (κ3) is 3.53. The lowest BCUT2D eigenvalue weighted by atomic mass is 10.3. The first kappa shape index (κ1) is 14.4. The molecule has 0 aliphatic heterocycles. The van der Waals surface area contributed by atoms with Gasteiger partial charge in [-0.1, -0.05) is 0 Å². The molecule has 0 unspecified atom stereocenters. The number of nitrogens with two attached hydrogens (primary N) is 1. The smallest absolute Gasteiger partial charge is 0.240 e. The fraction of sp³-hybridized carbons (Fsp3) is 0.182. The molecule has 0 fully saturated rings. The number of anilines is 1. The third-order valence-corrected chi connectivity index (χ3v) is 5.42. The van der Waals surface area contributed by atoms with E-state index in [2.05, 4.69) is 25.6 Å². The molecular formula is C11H12BrN3O2S2. The summed E-state index contributed by atoms with van der Waals surface area (Å²) in [6.07, 6.45) is 1.67. The topological polar surface area (TPSA) is 85.1 Å².